The highest BCUT2D eigenvalue weighted by Crippen LogP contribution is 2.29. The summed E-state index contributed by atoms with van der Waals surface area (Å²) in [6.45, 7) is 1.78. The third kappa shape index (κ3) is 3.83. The first kappa shape index (κ1) is 17.0. The van der Waals surface area contributed by atoms with Gasteiger partial charge in [-0.15, -0.1) is 0 Å². The van der Waals surface area contributed by atoms with Gasteiger partial charge in [-0.05, 0) is 55.0 Å². The standard InChI is InChI=1S/C19H17ClN2O3/c1-12-10-13(20)5-7-16(12)25-11-18(23)22-15-6-8-17(24-2)19-14(15)4-3-9-21-19/h3-10H,11H2,1-2H3,(H,22,23). The highest BCUT2D eigenvalue weighted by molar-refractivity contribution is 6.30. The first-order valence-electron chi connectivity index (χ1n) is 7.69. The molecule has 2 aromatic carbocycles. The van der Waals surface area contributed by atoms with Gasteiger partial charge in [0.25, 0.3) is 5.91 Å². The van der Waals surface area contributed by atoms with Crippen LogP contribution in [0, 0.1) is 6.92 Å². The van der Waals surface area contributed by atoms with Gasteiger partial charge in [-0.3, -0.25) is 9.78 Å². The normalized spacial score (nSPS) is 10.5. The maximum atomic E-state index is 12.2. The van der Waals surface area contributed by atoms with Crippen molar-refractivity contribution in [2.24, 2.45) is 0 Å². The second-order valence-corrected chi connectivity index (χ2v) is 5.90. The van der Waals surface area contributed by atoms with Crippen molar-refractivity contribution in [2.75, 3.05) is 19.0 Å². The number of aromatic nitrogens is 1. The van der Waals surface area contributed by atoms with E-state index in [-0.39, 0.29) is 12.5 Å². The number of methoxy groups -OCH3 is 1. The Bertz CT molecular complexity index is 928. The van der Waals surface area contributed by atoms with Crippen molar-refractivity contribution in [1.29, 1.82) is 0 Å². The lowest BCUT2D eigenvalue weighted by molar-refractivity contribution is -0.118. The lowest BCUT2D eigenvalue weighted by Crippen LogP contribution is -2.20. The third-order valence-electron chi connectivity index (χ3n) is 3.72. The number of ether oxygens (including phenoxy) is 2. The Morgan fingerprint density at radius 1 is 1.20 bits per heavy atom. The van der Waals surface area contributed by atoms with Gasteiger partial charge in [-0.1, -0.05) is 11.6 Å². The number of rotatable bonds is 5. The summed E-state index contributed by atoms with van der Waals surface area (Å²) in [5, 5.41) is 4.29. The predicted octanol–water partition coefficient (Wildman–Crippen LogP) is 4.22. The molecule has 5 nitrogen and oxygen atoms in total. The molecule has 0 aliphatic heterocycles. The first-order valence-corrected chi connectivity index (χ1v) is 8.07. The largest absolute Gasteiger partial charge is 0.494 e. The fraction of sp³-hybridized carbons (Fsp3) is 0.158. The molecule has 3 rings (SSSR count). The fourth-order valence-electron chi connectivity index (χ4n) is 2.52. The Balaban J connectivity index is 1.74. The highest BCUT2D eigenvalue weighted by atomic mass is 35.5. The van der Waals surface area contributed by atoms with Crippen molar-refractivity contribution < 1.29 is 14.3 Å². The van der Waals surface area contributed by atoms with Gasteiger partial charge in [0, 0.05) is 16.6 Å². The molecule has 3 aromatic rings. The molecule has 1 aromatic heterocycles. The van der Waals surface area contributed by atoms with E-state index in [1.807, 2.05) is 19.1 Å². The molecule has 1 amide bonds. The predicted molar refractivity (Wildman–Crippen MR) is 98.6 cm³/mol. The minimum Gasteiger partial charge on any atom is -0.494 e. The number of carbonyl (C=O) groups excluding carboxylic acids is 1. The number of nitrogens with one attached hydrogen (secondary N) is 1. The Labute approximate surface area is 150 Å². The average Bonchev–Trinajstić information content (AvgIpc) is 2.61. The summed E-state index contributed by atoms with van der Waals surface area (Å²) in [6, 6.07) is 12.5. The summed E-state index contributed by atoms with van der Waals surface area (Å²) < 4.78 is 10.9. The fourth-order valence-corrected chi connectivity index (χ4v) is 2.75. The molecule has 25 heavy (non-hydrogen) atoms. The number of anilines is 1. The summed E-state index contributed by atoms with van der Waals surface area (Å²) in [4.78, 5) is 16.6. The quantitative estimate of drug-likeness (QED) is 0.743. The summed E-state index contributed by atoms with van der Waals surface area (Å²) in [6.07, 6.45) is 1.68. The van der Waals surface area contributed by atoms with Crippen LogP contribution < -0.4 is 14.8 Å². The molecule has 0 aliphatic rings. The van der Waals surface area contributed by atoms with E-state index in [0.717, 1.165) is 10.9 Å². The van der Waals surface area contributed by atoms with E-state index in [1.54, 1.807) is 43.6 Å². The van der Waals surface area contributed by atoms with Crippen molar-refractivity contribution in [1.82, 2.24) is 4.98 Å². The number of hydrogen-bond acceptors (Lipinski definition) is 4. The molecular formula is C19H17ClN2O3. The average molecular weight is 357 g/mol. The number of amides is 1. The smallest absolute Gasteiger partial charge is 0.262 e. The van der Waals surface area contributed by atoms with Gasteiger partial charge in [0.05, 0.1) is 12.8 Å². The van der Waals surface area contributed by atoms with Gasteiger partial charge >= 0.3 is 0 Å². The SMILES string of the molecule is COc1ccc(NC(=O)COc2ccc(Cl)cc2C)c2cccnc12. The van der Waals surface area contributed by atoms with Gasteiger partial charge in [-0.25, -0.2) is 0 Å². The van der Waals surface area contributed by atoms with Crippen LogP contribution in [0.4, 0.5) is 5.69 Å². The maximum absolute atomic E-state index is 12.2. The number of halogens is 1. The molecule has 1 heterocycles. The summed E-state index contributed by atoms with van der Waals surface area (Å²) in [5.74, 6) is 1.02. The van der Waals surface area contributed by atoms with Crippen LogP contribution in [0.25, 0.3) is 10.9 Å². The van der Waals surface area contributed by atoms with Crippen LogP contribution in [-0.4, -0.2) is 24.6 Å². The van der Waals surface area contributed by atoms with Crippen molar-refractivity contribution >= 4 is 34.1 Å². The van der Waals surface area contributed by atoms with Gasteiger partial charge < -0.3 is 14.8 Å². The van der Waals surface area contributed by atoms with Crippen LogP contribution >= 0.6 is 11.6 Å². The summed E-state index contributed by atoms with van der Waals surface area (Å²) in [7, 11) is 1.59. The maximum Gasteiger partial charge on any atom is 0.262 e. The number of pyridine rings is 1. The van der Waals surface area contributed by atoms with E-state index in [4.69, 9.17) is 21.1 Å². The van der Waals surface area contributed by atoms with Crippen LogP contribution in [0.1, 0.15) is 5.56 Å². The Hall–Kier alpha value is -2.79. The van der Waals surface area contributed by atoms with E-state index in [1.165, 1.54) is 0 Å². The minimum absolute atomic E-state index is 0.101. The lowest BCUT2D eigenvalue weighted by atomic mass is 10.1. The van der Waals surface area contributed by atoms with Gasteiger partial charge in [0.2, 0.25) is 0 Å². The molecule has 0 radical (unpaired) electrons. The van der Waals surface area contributed by atoms with Crippen molar-refractivity contribution in [2.45, 2.75) is 6.92 Å². The van der Waals surface area contributed by atoms with Gasteiger partial charge in [-0.2, -0.15) is 0 Å². The molecule has 0 saturated heterocycles. The Morgan fingerprint density at radius 3 is 2.76 bits per heavy atom. The van der Waals surface area contributed by atoms with E-state index in [0.29, 0.717) is 27.7 Å². The summed E-state index contributed by atoms with van der Waals surface area (Å²) in [5.41, 5.74) is 2.22. The number of benzene rings is 2. The number of carbonyl (C=O) groups is 1. The van der Waals surface area contributed by atoms with Gasteiger partial charge in [0.1, 0.15) is 17.0 Å². The molecule has 6 heteroatoms. The van der Waals surface area contributed by atoms with Crippen LogP contribution in [0.3, 0.4) is 0 Å². The highest BCUT2D eigenvalue weighted by Gasteiger charge is 2.11. The van der Waals surface area contributed by atoms with Crippen molar-refractivity contribution in [3.8, 4) is 11.5 Å². The number of aryl methyl sites for hydroxylation is 1. The van der Waals surface area contributed by atoms with Crippen LogP contribution in [-0.2, 0) is 4.79 Å². The van der Waals surface area contributed by atoms with Crippen molar-refractivity contribution in [3.63, 3.8) is 0 Å². The second-order valence-electron chi connectivity index (χ2n) is 5.46. The summed E-state index contributed by atoms with van der Waals surface area (Å²) >= 11 is 5.92. The topological polar surface area (TPSA) is 60.5 Å². The molecular weight excluding hydrogens is 340 g/mol. The molecule has 1 N–H and O–H groups in total. The van der Waals surface area contributed by atoms with Crippen LogP contribution in [0.2, 0.25) is 5.02 Å². The molecule has 0 saturated carbocycles. The molecule has 0 fully saturated rings. The Morgan fingerprint density at radius 2 is 2.00 bits per heavy atom. The molecule has 0 atom stereocenters. The van der Waals surface area contributed by atoms with E-state index in [9.17, 15) is 4.79 Å². The molecule has 0 bridgehead atoms. The monoisotopic (exact) mass is 356 g/mol. The molecule has 0 unspecified atom stereocenters. The van der Waals surface area contributed by atoms with E-state index >= 15 is 0 Å². The number of fused-ring (bicyclic) bond motifs is 1. The second kappa shape index (κ2) is 7.40. The molecule has 128 valence electrons. The third-order valence-corrected chi connectivity index (χ3v) is 3.96. The molecule has 0 aliphatic carbocycles. The zero-order chi connectivity index (χ0) is 17.8. The first-order chi connectivity index (χ1) is 12.1. The van der Waals surface area contributed by atoms with E-state index in [2.05, 4.69) is 10.3 Å². The van der Waals surface area contributed by atoms with Gasteiger partial charge in [0.15, 0.2) is 6.61 Å². The number of hydrogen-bond donors (Lipinski definition) is 1. The zero-order valence-electron chi connectivity index (χ0n) is 13.9. The minimum atomic E-state index is -0.260. The Kier molecular flexibility index (Phi) is 5.05. The van der Waals surface area contributed by atoms with Crippen molar-refractivity contribution in [3.05, 3.63) is 59.2 Å². The van der Waals surface area contributed by atoms with E-state index < -0.39 is 0 Å². The number of nitrogens with zero attached hydrogens (tertiary/aromatic N) is 1. The lowest BCUT2D eigenvalue weighted by Gasteiger charge is -2.12. The molecule has 0 spiro atoms. The van der Waals surface area contributed by atoms with Crippen LogP contribution in [0.15, 0.2) is 48.7 Å². The zero-order valence-corrected chi connectivity index (χ0v) is 14.6. The van der Waals surface area contributed by atoms with Crippen LogP contribution in [0.5, 0.6) is 11.5 Å².